The number of para-hydroxylation sites is 2. The van der Waals surface area contributed by atoms with Gasteiger partial charge in [-0.2, -0.15) is 5.26 Å². The first kappa shape index (κ1) is 29.4. The third-order valence-electron chi connectivity index (χ3n) is 11.6. The van der Waals surface area contributed by atoms with Crippen LogP contribution >= 0.6 is 0 Å². The maximum Gasteiger partial charge on any atom is 0.333 e. The van der Waals surface area contributed by atoms with E-state index in [1.165, 1.54) is 93.6 Å². The molecule has 0 amide bonds. The summed E-state index contributed by atoms with van der Waals surface area (Å²) >= 11 is 0. The predicted octanol–water partition coefficient (Wildman–Crippen LogP) is 10.3. The first-order valence-electron chi connectivity index (χ1n) is 17.8. The van der Waals surface area contributed by atoms with Crippen molar-refractivity contribution >= 4 is 61.4 Å². The zero-order chi connectivity index (χ0) is 34.4. The zero-order valence-corrected chi connectivity index (χ0v) is 29.7. The molecule has 10 rings (SSSR count). The first-order valence-corrected chi connectivity index (χ1v) is 17.8. The highest BCUT2D eigenvalue weighted by Crippen LogP contribution is 2.48. The van der Waals surface area contributed by atoms with Crippen LogP contribution < -0.4 is 10.9 Å². The quantitative estimate of drug-likeness (QED) is 0.164. The number of hydrogen-bond acceptors (Lipinski definition) is 1. The minimum Gasteiger partial charge on any atom is -0.375 e. The Morgan fingerprint density at radius 2 is 1.34 bits per heavy atom. The summed E-state index contributed by atoms with van der Waals surface area (Å²) in [7, 11) is 0. The molecule has 3 nitrogen and oxygen atoms in total. The minimum absolute atomic E-state index is 0.0164. The van der Waals surface area contributed by atoms with Gasteiger partial charge in [0, 0.05) is 43.8 Å². The van der Waals surface area contributed by atoms with Crippen LogP contribution in [0.25, 0.3) is 71.6 Å². The first-order chi connectivity index (χ1) is 24.0. The van der Waals surface area contributed by atoms with Crippen LogP contribution in [0.2, 0.25) is 0 Å². The average Bonchev–Trinajstić information content (AvgIpc) is 3.62. The van der Waals surface area contributed by atoms with E-state index in [1.807, 2.05) is 12.1 Å². The summed E-state index contributed by atoms with van der Waals surface area (Å²) in [5, 5.41) is 14.9. The molecule has 6 aromatic carbocycles. The van der Waals surface area contributed by atoms with Crippen LogP contribution in [-0.4, -0.2) is 15.9 Å². The molecule has 2 aromatic heterocycles. The third kappa shape index (κ3) is 3.70. The Balaban J connectivity index is 1.46. The Hall–Kier alpha value is -5.53. The Morgan fingerprint density at radius 3 is 2.08 bits per heavy atom. The average molecular weight is 644 g/mol. The van der Waals surface area contributed by atoms with Gasteiger partial charge in [0.2, 0.25) is 0 Å². The predicted molar refractivity (Wildman–Crippen MR) is 212 cm³/mol. The van der Waals surface area contributed by atoms with Gasteiger partial charge >= 0.3 is 6.85 Å². The molecule has 4 heteroatoms. The summed E-state index contributed by atoms with van der Waals surface area (Å²) < 4.78 is 5.22. The molecular formula is C46H38BN3. The van der Waals surface area contributed by atoms with Gasteiger partial charge in [0.15, 0.2) is 0 Å². The molecule has 0 radical (unpaired) electrons. The van der Waals surface area contributed by atoms with Crippen molar-refractivity contribution in [1.29, 1.82) is 5.26 Å². The molecule has 0 saturated carbocycles. The fraction of sp³-hybridized carbons (Fsp3) is 0.196. The maximum absolute atomic E-state index is 9.62. The van der Waals surface area contributed by atoms with Crippen LogP contribution in [0, 0.1) is 18.3 Å². The van der Waals surface area contributed by atoms with Crippen LogP contribution in [0.4, 0.5) is 0 Å². The summed E-state index contributed by atoms with van der Waals surface area (Å²) in [4.78, 5) is 0. The lowest BCUT2D eigenvalue weighted by molar-refractivity contribution is 0.590. The molecule has 0 N–H and O–H groups in total. The van der Waals surface area contributed by atoms with Gasteiger partial charge in [0.1, 0.15) is 0 Å². The van der Waals surface area contributed by atoms with E-state index in [4.69, 9.17) is 0 Å². The molecule has 50 heavy (non-hydrogen) atoms. The van der Waals surface area contributed by atoms with Crippen LogP contribution in [0.15, 0.2) is 103 Å². The molecule has 4 heterocycles. The highest BCUT2D eigenvalue weighted by Gasteiger charge is 2.43. The lowest BCUT2D eigenvalue weighted by Crippen LogP contribution is -2.55. The largest absolute Gasteiger partial charge is 0.375 e. The summed E-state index contributed by atoms with van der Waals surface area (Å²) in [5.74, 6) is 0. The van der Waals surface area contributed by atoms with Crippen molar-refractivity contribution in [3.8, 4) is 34.0 Å². The third-order valence-corrected chi connectivity index (χ3v) is 11.6. The van der Waals surface area contributed by atoms with Crippen molar-refractivity contribution in [2.24, 2.45) is 0 Å². The maximum atomic E-state index is 9.62. The Bertz CT molecular complexity index is 2840. The smallest absolute Gasteiger partial charge is 0.333 e. The second-order valence-electron chi connectivity index (χ2n) is 16.6. The van der Waals surface area contributed by atoms with Crippen LogP contribution in [-0.2, 0) is 10.8 Å². The molecule has 240 valence electrons. The van der Waals surface area contributed by atoms with Crippen molar-refractivity contribution in [2.75, 3.05) is 0 Å². The topological polar surface area (TPSA) is 33.6 Å². The molecule has 0 fully saturated rings. The number of aromatic nitrogens is 2. The van der Waals surface area contributed by atoms with Gasteiger partial charge in [0.25, 0.3) is 0 Å². The van der Waals surface area contributed by atoms with Crippen molar-refractivity contribution in [3.63, 3.8) is 0 Å². The SMILES string of the molecule is Cc1c(-c2ccc(C#N)cc2)cc2c3c1-c1cc(C(C)(C)C)cc4c5cc(C(C)(C)C)ccc5n(c14)B3c1cccc3c4ccccc4n-2c13. The zero-order valence-electron chi connectivity index (χ0n) is 29.7. The second kappa shape index (κ2) is 9.58. The molecule has 2 aliphatic heterocycles. The molecular weight excluding hydrogens is 605 g/mol. The number of rotatable bonds is 1. The summed E-state index contributed by atoms with van der Waals surface area (Å²) in [6.45, 7) is 16.3. The van der Waals surface area contributed by atoms with Crippen LogP contribution in [0.3, 0.4) is 0 Å². The Kier molecular flexibility index (Phi) is 5.63. The molecule has 0 unspecified atom stereocenters. The highest BCUT2D eigenvalue weighted by molar-refractivity contribution is 6.90. The number of hydrogen-bond donors (Lipinski definition) is 0. The molecule has 0 aliphatic carbocycles. The van der Waals surface area contributed by atoms with Gasteiger partial charge in [-0.25, -0.2) is 0 Å². The lowest BCUT2D eigenvalue weighted by Gasteiger charge is -2.36. The van der Waals surface area contributed by atoms with Gasteiger partial charge in [-0.05, 0) is 111 Å². The van der Waals surface area contributed by atoms with Crippen LogP contribution in [0.5, 0.6) is 0 Å². The van der Waals surface area contributed by atoms with Crippen molar-refractivity contribution in [2.45, 2.75) is 59.3 Å². The van der Waals surface area contributed by atoms with E-state index in [-0.39, 0.29) is 17.7 Å². The molecule has 0 atom stereocenters. The van der Waals surface area contributed by atoms with Crippen molar-refractivity contribution < 1.29 is 0 Å². The molecule has 0 saturated heterocycles. The van der Waals surface area contributed by atoms with Gasteiger partial charge in [0.05, 0.1) is 22.7 Å². The van der Waals surface area contributed by atoms with Crippen LogP contribution in [0.1, 0.15) is 63.8 Å². The van der Waals surface area contributed by atoms with E-state index >= 15 is 0 Å². The Labute approximate surface area is 293 Å². The molecule has 2 aliphatic rings. The van der Waals surface area contributed by atoms with E-state index < -0.39 is 0 Å². The standard InChI is InChI=1S/C46H38BN3/c1-26-33(28-17-15-27(25-48)16-18-28)24-40-42-41(26)36-23-30(46(5,6)7)22-35-34-21-29(45(2,3)4)19-20-39(34)50(43(35)36)47(42)37-13-10-12-32-31-11-8-9-14-38(31)49(40)44(32)37/h8-24H,1-7H3. The number of nitrogens with zero attached hydrogens (tertiary/aromatic N) is 3. The molecule has 0 spiro atoms. The van der Waals surface area contributed by atoms with E-state index in [0.717, 1.165) is 5.56 Å². The lowest BCUT2D eigenvalue weighted by atomic mass is 9.45. The van der Waals surface area contributed by atoms with E-state index in [0.29, 0.717) is 5.56 Å². The Morgan fingerprint density at radius 1 is 0.620 bits per heavy atom. The minimum atomic E-state index is -0.0360. The van der Waals surface area contributed by atoms with Gasteiger partial charge in [-0.15, -0.1) is 0 Å². The van der Waals surface area contributed by atoms with Crippen molar-refractivity contribution in [1.82, 2.24) is 9.05 Å². The summed E-state index contributed by atoms with van der Waals surface area (Å²) in [6, 6.07) is 40.9. The number of fused-ring (bicyclic) bond motifs is 10. The van der Waals surface area contributed by atoms with E-state index in [1.54, 1.807) is 0 Å². The van der Waals surface area contributed by atoms with Crippen molar-refractivity contribution in [3.05, 3.63) is 125 Å². The van der Waals surface area contributed by atoms with E-state index in [9.17, 15) is 5.26 Å². The fourth-order valence-electron chi connectivity index (χ4n) is 9.10. The van der Waals surface area contributed by atoms with Gasteiger partial charge < -0.3 is 9.05 Å². The normalized spacial score (nSPS) is 13.4. The number of benzene rings is 6. The second-order valence-corrected chi connectivity index (χ2v) is 16.6. The highest BCUT2D eigenvalue weighted by atomic mass is 15.0. The summed E-state index contributed by atoms with van der Waals surface area (Å²) in [6.07, 6.45) is 0. The monoisotopic (exact) mass is 643 g/mol. The fourth-order valence-corrected chi connectivity index (χ4v) is 9.10. The van der Waals surface area contributed by atoms with Gasteiger partial charge in [-0.1, -0.05) is 96.1 Å². The molecule has 8 aromatic rings. The van der Waals surface area contributed by atoms with E-state index in [2.05, 4.69) is 155 Å². The van der Waals surface area contributed by atoms with Gasteiger partial charge in [-0.3, -0.25) is 0 Å². The number of nitriles is 1. The summed E-state index contributed by atoms with van der Waals surface area (Å²) in [5.41, 5.74) is 18.8. The molecule has 0 bridgehead atoms.